The molecule has 2 atom stereocenters. The zero-order valence-corrected chi connectivity index (χ0v) is 12.6. The van der Waals surface area contributed by atoms with Gasteiger partial charge in [-0.3, -0.25) is 0 Å². The van der Waals surface area contributed by atoms with Crippen LogP contribution in [0.15, 0.2) is 23.1 Å². The number of sulfonamides is 1. The van der Waals surface area contributed by atoms with E-state index in [1.807, 2.05) is 6.92 Å². The summed E-state index contributed by atoms with van der Waals surface area (Å²) in [5.74, 6) is -0.468. The fourth-order valence-corrected chi connectivity index (χ4v) is 4.05. The Balaban J connectivity index is 0.00000180. The molecule has 0 aliphatic carbocycles. The second-order valence-electron chi connectivity index (χ2n) is 4.54. The van der Waals surface area contributed by atoms with Gasteiger partial charge in [-0.05, 0) is 24.1 Å². The third-order valence-corrected chi connectivity index (χ3v) is 5.46. The molecule has 19 heavy (non-hydrogen) atoms. The summed E-state index contributed by atoms with van der Waals surface area (Å²) < 4.78 is 38.9. The first-order valence-electron chi connectivity index (χ1n) is 5.53. The molecule has 2 unspecified atom stereocenters. The summed E-state index contributed by atoms with van der Waals surface area (Å²) in [7, 11) is -3.70. The summed E-state index contributed by atoms with van der Waals surface area (Å²) in [4.78, 5) is -0.0770. The van der Waals surface area contributed by atoms with Crippen molar-refractivity contribution in [1.29, 1.82) is 0 Å². The van der Waals surface area contributed by atoms with Crippen LogP contribution in [0.2, 0.25) is 5.02 Å². The molecule has 1 aliphatic rings. The Kier molecular flexibility index (Phi) is 5.20. The van der Waals surface area contributed by atoms with E-state index in [9.17, 15) is 12.8 Å². The maximum atomic E-state index is 12.9. The number of hydrogen-bond donors (Lipinski definition) is 1. The quantitative estimate of drug-likeness (QED) is 0.901. The van der Waals surface area contributed by atoms with Crippen LogP contribution in [0.3, 0.4) is 0 Å². The van der Waals surface area contributed by atoms with Crippen molar-refractivity contribution in [2.75, 3.05) is 13.1 Å². The molecule has 8 heteroatoms. The number of benzene rings is 1. The lowest BCUT2D eigenvalue weighted by atomic mass is 10.1. The van der Waals surface area contributed by atoms with Gasteiger partial charge in [-0.1, -0.05) is 18.5 Å². The van der Waals surface area contributed by atoms with Crippen molar-refractivity contribution < 1.29 is 12.8 Å². The Morgan fingerprint density at radius 3 is 2.53 bits per heavy atom. The molecular formula is C11H15Cl2FN2O2S. The second kappa shape index (κ2) is 5.93. The van der Waals surface area contributed by atoms with Gasteiger partial charge in [0.1, 0.15) is 10.7 Å². The molecular weight excluding hydrogens is 314 g/mol. The third kappa shape index (κ3) is 3.20. The molecule has 0 spiro atoms. The van der Waals surface area contributed by atoms with Crippen LogP contribution in [-0.2, 0) is 10.0 Å². The first kappa shape index (κ1) is 16.7. The molecule has 0 aromatic heterocycles. The smallest absolute Gasteiger partial charge is 0.244 e. The topological polar surface area (TPSA) is 63.4 Å². The zero-order chi connectivity index (χ0) is 13.5. The molecule has 1 fully saturated rings. The van der Waals surface area contributed by atoms with Crippen molar-refractivity contribution in [3.8, 4) is 0 Å². The molecule has 1 aliphatic heterocycles. The maximum absolute atomic E-state index is 12.9. The first-order chi connectivity index (χ1) is 8.32. The van der Waals surface area contributed by atoms with E-state index >= 15 is 0 Å². The lowest BCUT2D eigenvalue weighted by Crippen LogP contribution is -2.32. The molecule has 0 saturated carbocycles. The maximum Gasteiger partial charge on any atom is 0.244 e. The fourth-order valence-electron chi connectivity index (χ4n) is 1.97. The summed E-state index contributed by atoms with van der Waals surface area (Å²) in [6.07, 6.45) is 0. The number of nitrogens with zero attached hydrogens (tertiary/aromatic N) is 1. The van der Waals surface area contributed by atoms with Gasteiger partial charge < -0.3 is 5.73 Å². The molecule has 1 aromatic rings. The minimum absolute atomic E-state index is 0. The number of rotatable bonds is 2. The predicted octanol–water partition coefficient (Wildman–Crippen LogP) is 1.87. The van der Waals surface area contributed by atoms with Gasteiger partial charge in [-0.25, -0.2) is 12.8 Å². The SMILES string of the molecule is CC1CN(S(=O)(=O)c2ccc(F)cc2Cl)CC1N.Cl. The van der Waals surface area contributed by atoms with Crippen molar-refractivity contribution in [3.63, 3.8) is 0 Å². The van der Waals surface area contributed by atoms with Crippen LogP contribution < -0.4 is 5.73 Å². The summed E-state index contributed by atoms with van der Waals surface area (Å²) in [5, 5.41) is -0.108. The van der Waals surface area contributed by atoms with Crippen molar-refractivity contribution in [2.45, 2.75) is 17.9 Å². The van der Waals surface area contributed by atoms with Crippen molar-refractivity contribution in [3.05, 3.63) is 29.0 Å². The van der Waals surface area contributed by atoms with Gasteiger partial charge in [-0.15, -0.1) is 12.4 Å². The van der Waals surface area contributed by atoms with Crippen LogP contribution in [0.4, 0.5) is 4.39 Å². The summed E-state index contributed by atoms with van der Waals surface area (Å²) >= 11 is 5.79. The Bertz CT molecular complexity index is 558. The van der Waals surface area contributed by atoms with E-state index < -0.39 is 15.8 Å². The number of halogens is 3. The molecule has 4 nitrogen and oxygen atoms in total. The Morgan fingerprint density at radius 2 is 2.05 bits per heavy atom. The Morgan fingerprint density at radius 1 is 1.42 bits per heavy atom. The Hall–Kier alpha value is -0.400. The van der Waals surface area contributed by atoms with Gasteiger partial charge in [0.2, 0.25) is 10.0 Å². The zero-order valence-electron chi connectivity index (χ0n) is 10.2. The molecule has 2 rings (SSSR count). The molecule has 1 aromatic carbocycles. The van der Waals surface area contributed by atoms with Crippen LogP contribution in [0.5, 0.6) is 0 Å². The molecule has 2 N–H and O–H groups in total. The molecule has 1 heterocycles. The first-order valence-corrected chi connectivity index (χ1v) is 7.35. The Labute approximate surface area is 123 Å². The lowest BCUT2D eigenvalue weighted by Gasteiger charge is -2.16. The normalized spacial score (nSPS) is 24.2. The average molecular weight is 329 g/mol. The largest absolute Gasteiger partial charge is 0.326 e. The summed E-state index contributed by atoms with van der Waals surface area (Å²) in [6.45, 7) is 2.51. The minimum Gasteiger partial charge on any atom is -0.326 e. The van der Waals surface area contributed by atoms with E-state index in [2.05, 4.69) is 0 Å². The van der Waals surface area contributed by atoms with E-state index in [1.165, 1.54) is 10.4 Å². The van der Waals surface area contributed by atoms with Gasteiger partial charge in [0.15, 0.2) is 0 Å². The highest BCUT2D eigenvalue weighted by atomic mass is 35.5. The van der Waals surface area contributed by atoms with Gasteiger partial charge in [0.05, 0.1) is 5.02 Å². The molecule has 1 saturated heterocycles. The van der Waals surface area contributed by atoms with E-state index in [0.717, 1.165) is 12.1 Å². The molecule has 0 bridgehead atoms. The van der Waals surface area contributed by atoms with Crippen molar-refractivity contribution >= 4 is 34.0 Å². The predicted molar refractivity (Wildman–Crippen MR) is 74.6 cm³/mol. The van der Waals surface area contributed by atoms with E-state index in [-0.39, 0.29) is 40.8 Å². The number of hydrogen-bond acceptors (Lipinski definition) is 3. The van der Waals surface area contributed by atoms with E-state index in [0.29, 0.717) is 6.54 Å². The van der Waals surface area contributed by atoms with E-state index in [1.54, 1.807) is 0 Å². The van der Waals surface area contributed by atoms with Gasteiger partial charge in [-0.2, -0.15) is 4.31 Å². The highest BCUT2D eigenvalue weighted by molar-refractivity contribution is 7.89. The van der Waals surface area contributed by atoms with Crippen LogP contribution in [0, 0.1) is 11.7 Å². The highest BCUT2D eigenvalue weighted by Gasteiger charge is 2.36. The standard InChI is InChI=1S/C11H14ClFN2O2S.ClH/c1-7-5-15(6-10(7)14)18(16,17)11-3-2-8(13)4-9(11)12;/h2-4,7,10H,5-6,14H2,1H3;1H. The average Bonchev–Trinajstić information content (AvgIpc) is 2.59. The van der Waals surface area contributed by atoms with Crippen molar-refractivity contribution in [2.24, 2.45) is 11.7 Å². The monoisotopic (exact) mass is 328 g/mol. The van der Waals surface area contributed by atoms with Gasteiger partial charge in [0, 0.05) is 19.1 Å². The van der Waals surface area contributed by atoms with Crippen molar-refractivity contribution in [1.82, 2.24) is 4.31 Å². The van der Waals surface area contributed by atoms with Crippen LogP contribution >= 0.6 is 24.0 Å². The van der Waals surface area contributed by atoms with Crippen LogP contribution in [0.25, 0.3) is 0 Å². The molecule has 0 amide bonds. The minimum atomic E-state index is -3.70. The number of nitrogens with two attached hydrogens (primary N) is 1. The molecule has 108 valence electrons. The summed E-state index contributed by atoms with van der Waals surface area (Å²) in [5.41, 5.74) is 5.81. The van der Waals surface area contributed by atoms with Gasteiger partial charge >= 0.3 is 0 Å². The highest BCUT2D eigenvalue weighted by Crippen LogP contribution is 2.28. The lowest BCUT2D eigenvalue weighted by molar-refractivity contribution is 0.464. The van der Waals surface area contributed by atoms with E-state index in [4.69, 9.17) is 17.3 Å². The fraction of sp³-hybridized carbons (Fsp3) is 0.455. The van der Waals surface area contributed by atoms with Crippen LogP contribution in [-0.4, -0.2) is 31.9 Å². The third-order valence-electron chi connectivity index (χ3n) is 3.15. The molecule has 0 radical (unpaired) electrons. The van der Waals surface area contributed by atoms with Gasteiger partial charge in [0.25, 0.3) is 0 Å². The second-order valence-corrected chi connectivity index (χ2v) is 6.85. The summed E-state index contributed by atoms with van der Waals surface area (Å²) in [6, 6.07) is 3.08. The van der Waals surface area contributed by atoms with Crippen LogP contribution in [0.1, 0.15) is 6.92 Å².